The molecule has 2 atom stereocenters. The Morgan fingerprint density at radius 1 is 1.28 bits per heavy atom. The monoisotopic (exact) mass is 249 g/mol. The smallest absolute Gasteiger partial charge is 0.123 e. The lowest BCUT2D eigenvalue weighted by atomic mass is 9.90. The molecule has 1 aromatic rings. The molecule has 0 radical (unpaired) electrons. The molecule has 0 aliphatic rings. The highest BCUT2D eigenvalue weighted by Crippen LogP contribution is 2.32. The summed E-state index contributed by atoms with van der Waals surface area (Å²) in [7, 11) is 1.76. The summed E-state index contributed by atoms with van der Waals surface area (Å²) in [5.41, 5.74) is 2.53. The van der Waals surface area contributed by atoms with E-state index in [1.807, 2.05) is 0 Å². The van der Waals surface area contributed by atoms with Crippen LogP contribution in [0.3, 0.4) is 0 Å². The maximum Gasteiger partial charge on any atom is 0.123 e. The van der Waals surface area contributed by atoms with Gasteiger partial charge in [0, 0.05) is 11.6 Å². The Hall–Kier alpha value is -1.02. The van der Waals surface area contributed by atoms with E-state index in [0.29, 0.717) is 12.0 Å². The van der Waals surface area contributed by atoms with Crippen molar-refractivity contribution in [2.75, 3.05) is 13.7 Å². The minimum absolute atomic E-state index is 0.380. The normalized spacial score (nSPS) is 14.3. The van der Waals surface area contributed by atoms with Crippen molar-refractivity contribution in [3.8, 4) is 5.75 Å². The highest BCUT2D eigenvalue weighted by molar-refractivity contribution is 5.39. The molecule has 0 fully saturated rings. The van der Waals surface area contributed by atoms with E-state index < -0.39 is 0 Å². The van der Waals surface area contributed by atoms with Crippen molar-refractivity contribution in [1.29, 1.82) is 0 Å². The van der Waals surface area contributed by atoms with Gasteiger partial charge in [-0.2, -0.15) is 0 Å². The first-order valence-electron chi connectivity index (χ1n) is 7.01. The molecule has 102 valence electrons. The average molecular weight is 249 g/mol. The zero-order valence-electron chi connectivity index (χ0n) is 12.4. The maximum absolute atomic E-state index is 5.54. The number of hydrogen-bond acceptors (Lipinski definition) is 2. The highest BCUT2D eigenvalue weighted by Gasteiger charge is 2.21. The van der Waals surface area contributed by atoms with Gasteiger partial charge in [0.2, 0.25) is 0 Å². The lowest BCUT2D eigenvalue weighted by Crippen LogP contribution is -2.27. The number of benzene rings is 1. The molecule has 0 aliphatic carbocycles. The van der Waals surface area contributed by atoms with Crippen LogP contribution in [0.1, 0.15) is 50.8 Å². The van der Waals surface area contributed by atoms with Crippen LogP contribution in [0, 0.1) is 12.8 Å². The number of methoxy groups -OCH3 is 1. The van der Waals surface area contributed by atoms with Crippen LogP contribution in [0.5, 0.6) is 5.75 Å². The Labute approximate surface area is 112 Å². The molecule has 0 saturated heterocycles. The van der Waals surface area contributed by atoms with Gasteiger partial charge in [-0.3, -0.25) is 0 Å². The van der Waals surface area contributed by atoms with Crippen LogP contribution in [0.4, 0.5) is 0 Å². The number of rotatable bonds is 7. The van der Waals surface area contributed by atoms with Crippen molar-refractivity contribution in [3.63, 3.8) is 0 Å². The third-order valence-electron chi connectivity index (χ3n) is 3.46. The Morgan fingerprint density at radius 2 is 2.00 bits per heavy atom. The third kappa shape index (κ3) is 3.74. The van der Waals surface area contributed by atoms with Crippen LogP contribution >= 0.6 is 0 Å². The number of nitrogens with one attached hydrogen (secondary N) is 1. The minimum Gasteiger partial charge on any atom is -0.496 e. The van der Waals surface area contributed by atoms with E-state index in [9.17, 15) is 0 Å². The van der Waals surface area contributed by atoms with Gasteiger partial charge in [0.15, 0.2) is 0 Å². The summed E-state index contributed by atoms with van der Waals surface area (Å²) in [6, 6.07) is 6.87. The standard InChI is InChI=1S/C16H27NO/c1-6-8-13(4)16(17-7-2)14-10-9-12(3)11-15(14)18-5/h9-11,13,16-17H,6-8H2,1-5H3. The number of hydrogen-bond donors (Lipinski definition) is 1. The van der Waals surface area contributed by atoms with Gasteiger partial charge in [0.25, 0.3) is 0 Å². The molecule has 2 heteroatoms. The van der Waals surface area contributed by atoms with E-state index in [0.717, 1.165) is 12.3 Å². The molecule has 0 aromatic heterocycles. The van der Waals surface area contributed by atoms with E-state index in [1.165, 1.54) is 24.0 Å². The van der Waals surface area contributed by atoms with Crippen molar-refractivity contribution in [1.82, 2.24) is 5.32 Å². The second-order valence-corrected chi connectivity index (χ2v) is 5.05. The van der Waals surface area contributed by atoms with Crippen LogP contribution in [0.25, 0.3) is 0 Å². The molecule has 0 spiro atoms. The average Bonchev–Trinajstić information content (AvgIpc) is 2.36. The molecule has 0 aliphatic heterocycles. The van der Waals surface area contributed by atoms with Gasteiger partial charge in [-0.15, -0.1) is 0 Å². The Morgan fingerprint density at radius 3 is 2.56 bits per heavy atom. The predicted octanol–water partition coefficient (Wildman–Crippen LogP) is 4.09. The van der Waals surface area contributed by atoms with Crippen LogP contribution < -0.4 is 10.1 Å². The zero-order valence-corrected chi connectivity index (χ0v) is 12.4. The number of aryl methyl sites for hydroxylation is 1. The van der Waals surface area contributed by atoms with E-state index in [4.69, 9.17) is 4.74 Å². The summed E-state index contributed by atoms with van der Waals surface area (Å²) < 4.78 is 5.54. The first-order valence-corrected chi connectivity index (χ1v) is 7.01. The Kier molecular flexibility index (Phi) is 6.20. The Bertz CT molecular complexity index is 362. The van der Waals surface area contributed by atoms with E-state index in [-0.39, 0.29) is 0 Å². The molecule has 1 rings (SSSR count). The van der Waals surface area contributed by atoms with Crippen LogP contribution in [0.15, 0.2) is 18.2 Å². The molecular formula is C16H27NO. The van der Waals surface area contributed by atoms with Crippen molar-refractivity contribution in [3.05, 3.63) is 29.3 Å². The van der Waals surface area contributed by atoms with Crippen LogP contribution in [0.2, 0.25) is 0 Å². The Balaban J connectivity index is 3.04. The molecule has 1 N–H and O–H groups in total. The fraction of sp³-hybridized carbons (Fsp3) is 0.625. The molecule has 0 saturated carbocycles. The second kappa shape index (κ2) is 7.42. The molecule has 18 heavy (non-hydrogen) atoms. The molecule has 0 bridgehead atoms. The molecule has 0 heterocycles. The summed E-state index contributed by atoms with van der Waals surface area (Å²) in [6.45, 7) is 9.80. The van der Waals surface area contributed by atoms with Crippen LogP contribution in [-0.2, 0) is 0 Å². The van der Waals surface area contributed by atoms with Crippen molar-refractivity contribution < 1.29 is 4.74 Å². The highest BCUT2D eigenvalue weighted by atomic mass is 16.5. The van der Waals surface area contributed by atoms with Gasteiger partial charge in [0.05, 0.1) is 7.11 Å². The third-order valence-corrected chi connectivity index (χ3v) is 3.46. The first-order chi connectivity index (χ1) is 8.63. The largest absolute Gasteiger partial charge is 0.496 e. The lowest BCUT2D eigenvalue weighted by Gasteiger charge is -2.26. The fourth-order valence-electron chi connectivity index (χ4n) is 2.53. The van der Waals surface area contributed by atoms with Gasteiger partial charge >= 0.3 is 0 Å². The predicted molar refractivity (Wildman–Crippen MR) is 78.2 cm³/mol. The fourth-order valence-corrected chi connectivity index (χ4v) is 2.53. The van der Waals surface area contributed by atoms with E-state index in [1.54, 1.807) is 7.11 Å². The molecule has 0 amide bonds. The van der Waals surface area contributed by atoms with Gasteiger partial charge in [0.1, 0.15) is 5.75 Å². The van der Waals surface area contributed by atoms with Crippen molar-refractivity contribution in [2.24, 2.45) is 5.92 Å². The molecule has 2 unspecified atom stereocenters. The number of ether oxygens (including phenoxy) is 1. The van der Waals surface area contributed by atoms with Gasteiger partial charge < -0.3 is 10.1 Å². The summed E-state index contributed by atoms with van der Waals surface area (Å²) in [5, 5.41) is 3.60. The van der Waals surface area contributed by atoms with E-state index in [2.05, 4.69) is 51.2 Å². The lowest BCUT2D eigenvalue weighted by molar-refractivity contribution is 0.346. The van der Waals surface area contributed by atoms with Crippen molar-refractivity contribution >= 4 is 0 Å². The molecule has 2 nitrogen and oxygen atoms in total. The summed E-state index contributed by atoms with van der Waals surface area (Å²) in [4.78, 5) is 0. The zero-order chi connectivity index (χ0) is 13.5. The van der Waals surface area contributed by atoms with E-state index >= 15 is 0 Å². The second-order valence-electron chi connectivity index (χ2n) is 5.05. The summed E-state index contributed by atoms with van der Waals surface area (Å²) >= 11 is 0. The van der Waals surface area contributed by atoms with Crippen LogP contribution in [-0.4, -0.2) is 13.7 Å². The maximum atomic E-state index is 5.54. The summed E-state index contributed by atoms with van der Waals surface area (Å²) in [6.07, 6.45) is 2.45. The summed E-state index contributed by atoms with van der Waals surface area (Å²) in [5.74, 6) is 1.62. The van der Waals surface area contributed by atoms with Gasteiger partial charge in [-0.25, -0.2) is 0 Å². The minimum atomic E-state index is 0.380. The molecule has 1 aromatic carbocycles. The SMILES string of the molecule is CCCC(C)C(NCC)c1ccc(C)cc1OC. The van der Waals surface area contributed by atoms with Crippen molar-refractivity contribution in [2.45, 2.75) is 46.6 Å². The first kappa shape index (κ1) is 15.0. The van der Waals surface area contributed by atoms with Gasteiger partial charge in [-0.05, 0) is 37.4 Å². The topological polar surface area (TPSA) is 21.3 Å². The van der Waals surface area contributed by atoms with Gasteiger partial charge in [-0.1, -0.05) is 39.3 Å². The molecular weight excluding hydrogens is 222 g/mol. The quantitative estimate of drug-likeness (QED) is 0.786.